The minimum atomic E-state index is -0.598. The summed E-state index contributed by atoms with van der Waals surface area (Å²) < 4.78 is 26.9. The molecule has 1 fully saturated rings. The Kier molecular flexibility index (Phi) is 5.07. The van der Waals surface area contributed by atoms with E-state index in [1.807, 2.05) is 0 Å². The Morgan fingerprint density at radius 1 is 1.12 bits per heavy atom. The SMILES string of the molecule is O=C1CC[C@H](Cc2ccc(F)cc2F)CN1c1c(Cl)cccc1Cl. The molecule has 0 radical (unpaired) electrons. The molecule has 0 saturated carbocycles. The number of piperidine rings is 1. The zero-order valence-electron chi connectivity index (χ0n) is 12.7. The Bertz CT molecular complexity index is 761. The highest BCUT2D eigenvalue weighted by molar-refractivity contribution is 6.39. The van der Waals surface area contributed by atoms with Crippen molar-refractivity contribution in [1.82, 2.24) is 0 Å². The lowest BCUT2D eigenvalue weighted by Crippen LogP contribution is -2.41. The van der Waals surface area contributed by atoms with Crippen molar-refractivity contribution < 1.29 is 13.6 Å². The number of hydrogen-bond acceptors (Lipinski definition) is 1. The Balaban J connectivity index is 1.82. The highest BCUT2D eigenvalue weighted by Gasteiger charge is 2.29. The van der Waals surface area contributed by atoms with Gasteiger partial charge in [-0.05, 0) is 42.5 Å². The van der Waals surface area contributed by atoms with Crippen LogP contribution in [0.25, 0.3) is 0 Å². The van der Waals surface area contributed by atoms with E-state index in [9.17, 15) is 13.6 Å². The molecule has 1 saturated heterocycles. The molecule has 0 aliphatic carbocycles. The van der Waals surface area contributed by atoms with Gasteiger partial charge in [0.25, 0.3) is 0 Å². The van der Waals surface area contributed by atoms with Gasteiger partial charge in [0.15, 0.2) is 0 Å². The zero-order chi connectivity index (χ0) is 17.3. The van der Waals surface area contributed by atoms with E-state index in [1.54, 1.807) is 23.1 Å². The number of hydrogen-bond donors (Lipinski definition) is 0. The number of halogens is 4. The third kappa shape index (κ3) is 3.55. The normalized spacial score (nSPS) is 18.1. The van der Waals surface area contributed by atoms with Gasteiger partial charge in [-0.3, -0.25) is 4.79 Å². The molecule has 0 aromatic heterocycles. The average Bonchev–Trinajstić information content (AvgIpc) is 2.53. The molecular formula is C18H15Cl2F2NO. The maximum atomic E-state index is 13.9. The van der Waals surface area contributed by atoms with Gasteiger partial charge in [-0.15, -0.1) is 0 Å². The Morgan fingerprint density at radius 2 is 1.83 bits per heavy atom. The summed E-state index contributed by atoms with van der Waals surface area (Å²) in [4.78, 5) is 13.9. The second kappa shape index (κ2) is 7.08. The topological polar surface area (TPSA) is 20.3 Å². The number of amides is 1. The summed E-state index contributed by atoms with van der Waals surface area (Å²) in [5, 5.41) is 0.814. The fourth-order valence-electron chi connectivity index (χ4n) is 3.04. The van der Waals surface area contributed by atoms with E-state index in [0.717, 1.165) is 6.07 Å². The van der Waals surface area contributed by atoms with Gasteiger partial charge < -0.3 is 4.90 Å². The van der Waals surface area contributed by atoms with Gasteiger partial charge in [0.05, 0.1) is 15.7 Å². The maximum Gasteiger partial charge on any atom is 0.227 e. The summed E-state index contributed by atoms with van der Waals surface area (Å²) in [7, 11) is 0. The number of benzene rings is 2. The van der Waals surface area contributed by atoms with Crippen molar-refractivity contribution in [3.05, 3.63) is 63.6 Å². The highest BCUT2D eigenvalue weighted by atomic mass is 35.5. The Labute approximate surface area is 149 Å². The lowest BCUT2D eigenvalue weighted by molar-refractivity contribution is -0.120. The minimum absolute atomic E-state index is 0.0509. The number of rotatable bonds is 3. The van der Waals surface area contributed by atoms with Crippen LogP contribution >= 0.6 is 23.2 Å². The molecule has 0 unspecified atom stereocenters. The summed E-state index contributed by atoms with van der Waals surface area (Å²) in [5.74, 6) is -1.16. The standard InChI is InChI=1S/C18H15Cl2F2NO/c19-14-2-1-3-15(20)18(14)23-10-11(4-7-17(23)24)8-12-5-6-13(21)9-16(12)22/h1-3,5-6,9,11H,4,7-8,10H2/t11-/m1/s1. The first kappa shape index (κ1) is 17.2. The van der Waals surface area contributed by atoms with Crippen LogP contribution in [0.2, 0.25) is 10.0 Å². The molecule has 2 nitrogen and oxygen atoms in total. The number of carbonyl (C=O) groups excluding carboxylic acids is 1. The minimum Gasteiger partial charge on any atom is -0.309 e. The van der Waals surface area contributed by atoms with E-state index in [1.165, 1.54) is 12.1 Å². The van der Waals surface area contributed by atoms with Crippen LogP contribution in [0.1, 0.15) is 18.4 Å². The molecule has 24 heavy (non-hydrogen) atoms. The van der Waals surface area contributed by atoms with Gasteiger partial charge >= 0.3 is 0 Å². The van der Waals surface area contributed by atoms with Gasteiger partial charge in [0.2, 0.25) is 5.91 Å². The molecule has 1 amide bonds. The summed E-state index contributed by atoms with van der Waals surface area (Å²) in [6.07, 6.45) is 1.42. The van der Waals surface area contributed by atoms with Crippen LogP contribution in [0, 0.1) is 17.6 Å². The predicted octanol–water partition coefficient (Wildman–Crippen LogP) is 5.26. The van der Waals surface area contributed by atoms with Crippen LogP contribution in [0.4, 0.5) is 14.5 Å². The monoisotopic (exact) mass is 369 g/mol. The molecular weight excluding hydrogens is 355 g/mol. The third-order valence-corrected chi connectivity index (χ3v) is 4.85. The van der Waals surface area contributed by atoms with Crippen molar-refractivity contribution in [3.8, 4) is 0 Å². The molecule has 126 valence electrons. The lowest BCUT2D eigenvalue weighted by atomic mass is 9.90. The van der Waals surface area contributed by atoms with Crippen LogP contribution in [0.15, 0.2) is 36.4 Å². The van der Waals surface area contributed by atoms with Crippen LogP contribution in [0.5, 0.6) is 0 Å². The van der Waals surface area contributed by atoms with E-state index in [2.05, 4.69) is 0 Å². The maximum absolute atomic E-state index is 13.9. The van der Waals surface area contributed by atoms with E-state index in [0.29, 0.717) is 47.1 Å². The van der Waals surface area contributed by atoms with Crippen molar-refractivity contribution in [2.45, 2.75) is 19.3 Å². The molecule has 6 heteroatoms. The van der Waals surface area contributed by atoms with E-state index < -0.39 is 11.6 Å². The molecule has 1 heterocycles. The zero-order valence-corrected chi connectivity index (χ0v) is 14.2. The fraction of sp³-hybridized carbons (Fsp3) is 0.278. The van der Waals surface area contributed by atoms with Gasteiger partial charge in [0, 0.05) is 19.0 Å². The molecule has 2 aromatic rings. The molecule has 2 aromatic carbocycles. The van der Waals surface area contributed by atoms with Crippen molar-refractivity contribution in [2.75, 3.05) is 11.4 Å². The van der Waals surface area contributed by atoms with Gasteiger partial charge in [-0.2, -0.15) is 0 Å². The van der Waals surface area contributed by atoms with Crippen molar-refractivity contribution in [2.24, 2.45) is 5.92 Å². The van der Waals surface area contributed by atoms with Crippen LogP contribution in [-0.2, 0) is 11.2 Å². The summed E-state index contributed by atoms with van der Waals surface area (Å²) >= 11 is 12.4. The first-order chi connectivity index (χ1) is 11.5. The van der Waals surface area contributed by atoms with Crippen molar-refractivity contribution >= 4 is 34.8 Å². The van der Waals surface area contributed by atoms with Crippen LogP contribution < -0.4 is 4.90 Å². The van der Waals surface area contributed by atoms with E-state index >= 15 is 0 Å². The van der Waals surface area contributed by atoms with Gasteiger partial charge in [-0.25, -0.2) is 8.78 Å². The molecule has 1 aliphatic heterocycles. The second-order valence-electron chi connectivity index (χ2n) is 5.92. The Morgan fingerprint density at radius 3 is 2.50 bits per heavy atom. The predicted molar refractivity (Wildman–Crippen MR) is 91.6 cm³/mol. The quantitative estimate of drug-likeness (QED) is 0.722. The largest absolute Gasteiger partial charge is 0.309 e. The molecule has 1 aliphatic rings. The highest BCUT2D eigenvalue weighted by Crippen LogP contribution is 2.37. The van der Waals surface area contributed by atoms with Crippen LogP contribution in [-0.4, -0.2) is 12.5 Å². The average molecular weight is 370 g/mol. The van der Waals surface area contributed by atoms with Gasteiger partial charge in [-0.1, -0.05) is 35.3 Å². The smallest absolute Gasteiger partial charge is 0.227 e. The van der Waals surface area contributed by atoms with Crippen molar-refractivity contribution in [1.29, 1.82) is 0 Å². The molecule has 0 N–H and O–H groups in total. The molecule has 0 bridgehead atoms. The van der Waals surface area contributed by atoms with E-state index in [4.69, 9.17) is 23.2 Å². The third-order valence-electron chi connectivity index (χ3n) is 4.24. The van der Waals surface area contributed by atoms with Gasteiger partial charge in [0.1, 0.15) is 11.6 Å². The Hall–Kier alpha value is -1.65. The first-order valence-corrected chi connectivity index (χ1v) is 8.39. The molecule has 3 rings (SSSR count). The summed E-state index contributed by atoms with van der Waals surface area (Å²) in [5.41, 5.74) is 0.941. The molecule has 1 atom stereocenters. The number of anilines is 1. The summed E-state index contributed by atoms with van der Waals surface area (Å²) in [6.45, 7) is 0.402. The number of carbonyl (C=O) groups is 1. The van der Waals surface area contributed by atoms with E-state index in [-0.39, 0.29) is 11.8 Å². The molecule has 0 spiro atoms. The fourth-order valence-corrected chi connectivity index (χ4v) is 3.64. The van der Waals surface area contributed by atoms with Crippen LogP contribution in [0.3, 0.4) is 0 Å². The van der Waals surface area contributed by atoms with Crippen molar-refractivity contribution in [3.63, 3.8) is 0 Å². The lowest BCUT2D eigenvalue weighted by Gasteiger charge is -2.33. The summed E-state index contributed by atoms with van der Waals surface area (Å²) in [6, 6.07) is 8.65. The first-order valence-electron chi connectivity index (χ1n) is 7.64. The second-order valence-corrected chi connectivity index (χ2v) is 6.73. The number of para-hydroxylation sites is 1. The number of nitrogens with zero attached hydrogens (tertiary/aromatic N) is 1.